The number of hydrogen-bond acceptors (Lipinski definition) is 6. The Morgan fingerprint density at radius 3 is 2.68 bits per heavy atom. The van der Waals surface area contributed by atoms with Gasteiger partial charge in [0.25, 0.3) is 0 Å². The van der Waals surface area contributed by atoms with E-state index < -0.39 is 15.8 Å². The lowest BCUT2D eigenvalue weighted by atomic mass is 10.1. The Bertz CT molecular complexity index is 1140. The van der Waals surface area contributed by atoms with E-state index in [1.807, 2.05) is 0 Å². The van der Waals surface area contributed by atoms with Crippen LogP contribution in [0.3, 0.4) is 0 Å². The molecule has 0 spiro atoms. The van der Waals surface area contributed by atoms with Crippen LogP contribution in [0.2, 0.25) is 0 Å². The van der Waals surface area contributed by atoms with Crippen molar-refractivity contribution < 1.29 is 26.5 Å². The first kappa shape index (κ1) is 21.4. The number of sulfonamides is 1. The predicted molar refractivity (Wildman–Crippen MR) is 108 cm³/mol. The molecular weight excluding hydrogens is 428 g/mol. The molecule has 164 valence electrons. The minimum Gasteiger partial charge on any atom is -0.493 e. The highest BCUT2D eigenvalue weighted by Gasteiger charge is 2.35. The predicted octanol–water partition coefficient (Wildman–Crippen LogP) is 3.29. The maximum atomic E-state index is 13.8. The molecule has 0 bridgehead atoms. The van der Waals surface area contributed by atoms with Crippen LogP contribution in [0, 0.1) is 11.6 Å². The van der Waals surface area contributed by atoms with Gasteiger partial charge in [0.15, 0.2) is 5.82 Å². The van der Waals surface area contributed by atoms with Gasteiger partial charge in [0, 0.05) is 25.1 Å². The molecule has 1 aliphatic rings. The molecule has 1 unspecified atom stereocenters. The van der Waals surface area contributed by atoms with E-state index in [0.717, 1.165) is 0 Å². The fraction of sp³-hybridized carbons (Fsp3) is 0.333. The summed E-state index contributed by atoms with van der Waals surface area (Å²) < 4.78 is 64.3. The zero-order chi connectivity index (χ0) is 21.8. The Morgan fingerprint density at radius 2 is 1.90 bits per heavy atom. The highest BCUT2D eigenvalue weighted by atomic mass is 32.2. The molecule has 1 aliphatic heterocycles. The summed E-state index contributed by atoms with van der Waals surface area (Å²) in [6.07, 6.45) is 0.938. The number of halogens is 2. The highest BCUT2D eigenvalue weighted by molar-refractivity contribution is 7.88. The van der Waals surface area contributed by atoms with Crippen LogP contribution in [0.25, 0.3) is 0 Å². The van der Waals surface area contributed by atoms with Gasteiger partial charge in [-0.1, -0.05) is 23.4 Å². The van der Waals surface area contributed by atoms with Crippen molar-refractivity contribution in [3.05, 3.63) is 77.4 Å². The molecule has 1 fully saturated rings. The van der Waals surface area contributed by atoms with Gasteiger partial charge in [-0.3, -0.25) is 0 Å². The van der Waals surface area contributed by atoms with Crippen LogP contribution in [0.1, 0.15) is 29.6 Å². The lowest BCUT2D eigenvalue weighted by Gasteiger charge is -2.16. The minimum absolute atomic E-state index is 0.146. The molecule has 1 atom stereocenters. The van der Waals surface area contributed by atoms with Gasteiger partial charge in [0.1, 0.15) is 17.4 Å². The van der Waals surface area contributed by atoms with Crippen LogP contribution in [0.5, 0.6) is 5.75 Å². The van der Waals surface area contributed by atoms with Gasteiger partial charge in [-0.15, -0.1) is 0 Å². The third-order valence-corrected chi connectivity index (χ3v) is 6.88. The monoisotopic (exact) mass is 449 g/mol. The second-order valence-electron chi connectivity index (χ2n) is 7.29. The van der Waals surface area contributed by atoms with Gasteiger partial charge in [-0.2, -0.15) is 4.98 Å². The fourth-order valence-electron chi connectivity index (χ4n) is 3.41. The van der Waals surface area contributed by atoms with Gasteiger partial charge >= 0.3 is 0 Å². The van der Waals surface area contributed by atoms with Crippen molar-refractivity contribution in [1.82, 2.24) is 14.4 Å². The maximum absolute atomic E-state index is 13.8. The highest BCUT2D eigenvalue weighted by Crippen LogP contribution is 2.29. The third-order valence-electron chi connectivity index (χ3n) is 5.08. The summed E-state index contributed by atoms with van der Waals surface area (Å²) in [5.41, 5.74) is 0.146. The summed E-state index contributed by atoms with van der Waals surface area (Å²) in [5.74, 6) is -0.110. The topological polar surface area (TPSA) is 85.5 Å². The number of ether oxygens (including phenoxy) is 1. The largest absolute Gasteiger partial charge is 0.493 e. The van der Waals surface area contributed by atoms with Crippen molar-refractivity contribution in [1.29, 1.82) is 0 Å². The number of rotatable bonds is 8. The Morgan fingerprint density at radius 1 is 1.13 bits per heavy atom. The molecule has 0 aliphatic carbocycles. The van der Waals surface area contributed by atoms with Crippen LogP contribution in [-0.2, 0) is 22.2 Å². The van der Waals surface area contributed by atoms with E-state index in [1.54, 1.807) is 6.07 Å². The van der Waals surface area contributed by atoms with E-state index >= 15 is 0 Å². The summed E-state index contributed by atoms with van der Waals surface area (Å²) >= 11 is 0. The van der Waals surface area contributed by atoms with Gasteiger partial charge in [-0.05, 0) is 36.8 Å². The van der Waals surface area contributed by atoms with Crippen LogP contribution in [0.15, 0.2) is 53.1 Å². The molecule has 3 aromatic rings. The third kappa shape index (κ3) is 5.26. The van der Waals surface area contributed by atoms with Gasteiger partial charge in [-0.25, -0.2) is 21.5 Å². The second-order valence-corrected chi connectivity index (χ2v) is 9.26. The summed E-state index contributed by atoms with van der Waals surface area (Å²) in [4.78, 5) is 4.35. The minimum atomic E-state index is -3.66. The number of aromatic nitrogens is 2. The first-order valence-corrected chi connectivity index (χ1v) is 11.4. The molecule has 2 heterocycles. The van der Waals surface area contributed by atoms with Crippen LogP contribution >= 0.6 is 0 Å². The molecule has 31 heavy (non-hydrogen) atoms. The van der Waals surface area contributed by atoms with Crippen LogP contribution in [-0.4, -0.2) is 42.6 Å². The second kappa shape index (κ2) is 9.11. The molecule has 7 nitrogen and oxygen atoms in total. The maximum Gasteiger partial charge on any atom is 0.231 e. The number of hydrogen-bond donors (Lipinski definition) is 0. The van der Waals surface area contributed by atoms with E-state index in [-0.39, 0.29) is 29.6 Å². The van der Waals surface area contributed by atoms with E-state index in [0.29, 0.717) is 43.5 Å². The molecule has 0 saturated carbocycles. The Hall–Kier alpha value is -2.85. The van der Waals surface area contributed by atoms with Gasteiger partial charge in [0.05, 0.1) is 18.3 Å². The van der Waals surface area contributed by atoms with Crippen molar-refractivity contribution in [2.45, 2.75) is 24.5 Å². The average Bonchev–Trinajstić information content (AvgIpc) is 3.41. The summed E-state index contributed by atoms with van der Waals surface area (Å²) in [7, 11) is -3.66. The summed E-state index contributed by atoms with van der Waals surface area (Å²) in [6, 6.07) is 11.5. The van der Waals surface area contributed by atoms with Gasteiger partial charge < -0.3 is 9.26 Å². The Labute approximate surface area is 178 Å². The fourth-order valence-corrected chi connectivity index (χ4v) is 5.01. The normalized spacial score (nSPS) is 17.2. The SMILES string of the molecule is O=S(=O)(Cc1ccccc1F)N1CCC(c2nc(CCOc3ccc(F)cc3)no2)C1. The summed E-state index contributed by atoms with van der Waals surface area (Å²) in [5, 5.41) is 3.93. The quantitative estimate of drug-likeness (QED) is 0.525. The van der Waals surface area contributed by atoms with Crippen molar-refractivity contribution in [3.8, 4) is 5.75 Å². The zero-order valence-corrected chi connectivity index (χ0v) is 17.4. The zero-order valence-electron chi connectivity index (χ0n) is 16.6. The Kier molecular flexibility index (Phi) is 6.28. The first-order chi connectivity index (χ1) is 14.9. The number of nitrogens with zero attached hydrogens (tertiary/aromatic N) is 3. The molecular formula is C21H21F2N3O4S. The molecule has 0 amide bonds. The van der Waals surface area contributed by atoms with E-state index in [9.17, 15) is 17.2 Å². The van der Waals surface area contributed by atoms with Crippen molar-refractivity contribution in [2.75, 3.05) is 19.7 Å². The van der Waals surface area contributed by atoms with Crippen LogP contribution in [0.4, 0.5) is 8.78 Å². The van der Waals surface area contributed by atoms with Crippen LogP contribution < -0.4 is 4.74 Å². The summed E-state index contributed by atoms with van der Waals surface area (Å²) in [6.45, 7) is 0.815. The van der Waals surface area contributed by atoms with Gasteiger partial charge in [0.2, 0.25) is 15.9 Å². The van der Waals surface area contributed by atoms with E-state index in [4.69, 9.17) is 9.26 Å². The first-order valence-electron chi connectivity index (χ1n) is 9.83. The van der Waals surface area contributed by atoms with E-state index in [2.05, 4.69) is 10.1 Å². The molecule has 10 heteroatoms. The molecule has 0 radical (unpaired) electrons. The molecule has 1 aromatic heterocycles. The van der Waals surface area contributed by atoms with Crippen molar-refractivity contribution >= 4 is 10.0 Å². The molecule has 2 aromatic carbocycles. The number of benzene rings is 2. The Balaban J connectivity index is 1.31. The molecule has 4 rings (SSSR count). The molecule has 1 saturated heterocycles. The lowest BCUT2D eigenvalue weighted by Crippen LogP contribution is -2.30. The van der Waals surface area contributed by atoms with Crippen molar-refractivity contribution in [3.63, 3.8) is 0 Å². The molecule has 0 N–H and O–H groups in total. The smallest absolute Gasteiger partial charge is 0.231 e. The lowest BCUT2D eigenvalue weighted by molar-refractivity contribution is 0.312. The standard InChI is InChI=1S/C21H21F2N3O4S/c22-17-5-7-18(8-6-17)29-12-10-20-24-21(30-25-20)15-9-11-26(13-15)31(27,28)14-16-3-1-2-4-19(16)23/h1-8,15H,9-14H2. The average molecular weight is 449 g/mol. The van der Waals surface area contributed by atoms with Crippen molar-refractivity contribution in [2.24, 2.45) is 0 Å². The van der Waals surface area contributed by atoms with E-state index in [1.165, 1.54) is 46.8 Å².